The van der Waals surface area contributed by atoms with Crippen molar-refractivity contribution >= 4 is 17.3 Å². The molecule has 1 aromatic heterocycles. The lowest BCUT2D eigenvalue weighted by Gasteiger charge is -2.36. The summed E-state index contributed by atoms with van der Waals surface area (Å²) in [4.78, 5) is 27.7. The van der Waals surface area contributed by atoms with Gasteiger partial charge in [-0.2, -0.15) is 18.3 Å². The number of aromatic nitrogens is 2. The molecule has 0 aliphatic carbocycles. The van der Waals surface area contributed by atoms with Gasteiger partial charge in [-0.15, -0.1) is 0 Å². The van der Waals surface area contributed by atoms with Crippen molar-refractivity contribution in [1.82, 2.24) is 14.7 Å². The van der Waals surface area contributed by atoms with E-state index < -0.39 is 16.7 Å². The smallest absolute Gasteiger partial charge is 0.368 e. The highest BCUT2D eigenvalue weighted by Crippen LogP contribution is 2.32. The Morgan fingerprint density at radius 3 is 2.16 bits per heavy atom. The Labute approximate surface area is 215 Å². The van der Waals surface area contributed by atoms with Crippen LogP contribution in [0.2, 0.25) is 0 Å². The first-order valence-corrected chi connectivity index (χ1v) is 11.8. The number of hydrogen-bond acceptors (Lipinski definition) is 5. The fourth-order valence-corrected chi connectivity index (χ4v) is 4.40. The highest BCUT2D eigenvalue weighted by molar-refractivity contribution is 5.94. The van der Waals surface area contributed by atoms with E-state index in [-0.39, 0.29) is 17.3 Å². The highest BCUT2D eigenvalue weighted by atomic mass is 19.4. The number of non-ortho nitro benzene ring substituents is 1. The first-order chi connectivity index (χ1) is 18.2. The molecule has 0 radical (unpaired) electrons. The second-order valence-electron chi connectivity index (χ2n) is 8.79. The lowest BCUT2D eigenvalue weighted by atomic mass is 10.1. The van der Waals surface area contributed by atoms with Gasteiger partial charge in [0.15, 0.2) is 0 Å². The van der Waals surface area contributed by atoms with Crippen molar-refractivity contribution in [1.29, 1.82) is 0 Å². The number of amides is 1. The van der Waals surface area contributed by atoms with Crippen molar-refractivity contribution < 1.29 is 22.9 Å². The molecule has 5 rings (SSSR count). The minimum Gasteiger partial charge on any atom is -0.368 e. The number of carbonyl (C=O) groups is 1. The van der Waals surface area contributed by atoms with Gasteiger partial charge in [0.25, 0.3) is 11.6 Å². The summed E-state index contributed by atoms with van der Waals surface area (Å²) in [5.74, 6) is -0.290. The fourth-order valence-electron chi connectivity index (χ4n) is 4.40. The summed E-state index contributed by atoms with van der Waals surface area (Å²) >= 11 is 0. The molecule has 8 nitrogen and oxygen atoms in total. The van der Waals surface area contributed by atoms with Crippen molar-refractivity contribution in [2.45, 2.75) is 6.18 Å². The van der Waals surface area contributed by atoms with Crippen LogP contribution in [0.4, 0.5) is 24.5 Å². The number of piperazine rings is 1. The molecule has 3 aromatic carbocycles. The summed E-state index contributed by atoms with van der Waals surface area (Å²) in [5.41, 5.74) is 1.80. The van der Waals surface area contributed by atoms with E-state index in [1.54, 1.807) is 17.0 Å². The second-order valence-corrected chi connectivity index (χ2v) is 8.79. The Morgan fingerprint density at radius 1 is 0.842 bits per heavy atom. The van der Waals surface area contributed by atoms with E-state index in [0.29, 0.717) is 43.2 Å². The molecule has 0 saturated carbocycles. The highest BCUT2D eigenvalue weighted by Gasteiger charge is 2.32. The van der Waals surface area contributed by atoms with Crippen LogP contribution in [-0.2, 0) is 6.18 Å². The van der Waals surface area contributed by atoms with Crippen molar-refractivity contribution in [3.05, 3.63) is 106 Å². The monoisotopic (exact) mass is 521 g/mol. The minimum atomic E-state index is -4.43. The zero-order chi connectivity index (χ0) is 26.9. The summed E-state index contributed by atoms with van der Waals surface area (Å²) in [5, 5.41) is 15.7. The number of benzene rings is 3. The lowest BCUT2D eigenvalue weighted by Crippen LogP contribution is -2.49. The molecule has 0 atom stereocenters. The SMILES string of the molecule is O=C(c1cc(-c2ccccc2)nn1-c1ccc([N+](=O)[O-])cc1)N1CCN(c2cccc(C(F)(F)F)c2)CC1. The molecule has 0 bridgehead atoms. The first-order valence-electron chi connectivity index (χ1n) is 11.8. The van der Waals surface area contributed by atoms with Crippen molar-refractivity contribution in [2.75, 3.05) is 31.1 Å². The van der Waals surface area contributed by atoms with Crippen molar-refractivity contribution in [2.24, 2.45) is 0 Å². The van der Waals surface area contributed by atoms with Crippen LogP contribution in [0, 0.1) is 10.1 Å². The number of alkyl halides is 3. The predicted molar refractivity (Wildman–Crippen MR) is 135 cm³/mol. The third kappa shape index (κ3) is 5.08. The van der Waals surface area contributed by atoms with Gasteiger partial charge in [0.1, 0.15) is 5.69 Å². The Kier molecular flexibility index (Phi) is 6.58. The van der Waals surface area contributed by atoms with Crippen LogP contribution in [0.25, 0.3) is 16.9 Å². The maximum absolute atomic E-state index is 13.6. The maximum atomic E-state index is 13.6. The molecule has 11 heteroatoms. The summed E-state index contributed by atoms with van der Waals surface area (Å²) in [6.45, 7) is 1.34. The van der Waals surface area contributed by atoms with Crippen LogP contribution < -0.4 is 4.90 Å². The van der Waals surface area contributed by atoms with Crippen molar-refractivity contribution in [3.8, 4) is 16.9 Å². The standard InChI is InChI=1S/C27H22F3N5O3/c28-27(29,30)20-7-4-8-23(17-20)32-13-15-33(16-14-32)26(36)25-18-24(19-5-2-1-3-6-19)31-34(25)21-9-11-22(12-10-21)35(37)38/h1-12,17-18H,13-16H2. The minimum absolute atomic E-state index is 0.0808. The molecule has 2 heterocycles. The number of nitro benzene ring substituents is 1. The number of nitro groups is 1. The van der Waals surface area contributed by atoms with Gasteiger partial charge in [0.05, 0.1) is 21.9 Å². The van der Waals surface area contributed by atoms with Crippen molar-refractivity contribution in [3.63, 3.8) is 0 Å². The lowest BCUT2D eigenvalue weighted by molar-refractivity contribution is -0.384. The topological polar surface area (TPSA) is 84.5 Å². The summed E-state index contributed by atoms with van der Waals surface area (Å²) in [7, 11) is 0. The summed E-state index contributed by atoms with van der Waals surface area (Å²) < 4.78 is 40.9. The van der Waals surface area contributed by atoms with Gasteiger partial charge in [-0.25, -0.2) is 4.68 Å². The predicted octanol–water partition coefficient (Wildman–Crippen LogP) is 5.43. The molecule has 194 valence electrons. The Balaban J connectivity index is 1.40. The summed E-state index contributed by atoms with van der Waals surface area (Å²) in [6, 6.07) is 21.9. The molecule has 0 unspecified atom stereocenters. The number of anilines is 1. The number of nitrogens with zero attached hydrogens (tertiary/aromatic N) is 5. The molecule has 1 aliphatic heterocycles. The Morgan fingerprint density at radius 2 is 1.53 bits per heavy atom. The third-order valence-electron chi connectivity index (χ3n) is 6.41. The second kappa shape index (κ2) is 10.0. The molecule has 4 aromatic rings. The normalized spacial score (nSPS) is 14.0. The molecular formula is C27H22F3N5O3. The van der Waals surface area contributed by atoms with Gasteiger partial charge in [-0.1, -0.05) is 36.4 Å². The molecule has 1 saturated heterocycles. The van der Waals surface area contributed by atoms with Gasteiger partial charge in [-0.3, -0.25) is 14.9 Å². The van der Waals surface area contributed by atoms with Gasteiger partial charge in [0, 0.05) is 49.6 Å². The number of rotatable bonds is 5. The average Bonchev–Trinajstić information content (AvgIpc) is 3.38. The average molecular weight is 521 g/mol. The van der Waals surface area contributed by atoms with Gasteiger partial charge >= 0.3 is 6.18 Å². The molecule has 0 N–H and O–H groups in total. The van der Waals surface area contributed by atoms with Crippen LogP contribution in [-0.4, -0.2) is 51.7 Å². The van der Waals surface area contributed by atoms with E-state index in [0.717, 1.165) is 17.7 Å². The van der Waals surface area contributed by atoms with Gasteiger partial charge in [0.2, 0.25) is 0 Å². The maximum Gasteiger partial charge on any atom is 0.416 e. The van der Waals surface area contributed by atoms with Crippen LogP contribution in [0.1, 0.15) is 16.1 Å². The molecule has 0 spiro atoms. The van der Waals surface area contributed by atoms with Gasteiger partial charge < -0.3 is 9.80 Å². The quantitative estimate of drug-likeness (QED) is 0.258. The van der Waals surface area contributed by atoms with Crippen LogP contribution in [0.5, 0.6) is 0 Å². The van der Waals surface area contributed by atoms with E-state index >= 15 is 0 Å². The molecular weight excluding hydrogens is 499 g/mol. The molecule has 38 heavy (non-hydrogen) atoms. The number of halogens is 3. The van der Waals surface area contributed by atoms with E-state index in [4.69, 9.17) is 0 Å². The Bertz CT molecular complexity index is 1460. The first kappa shape index (κ1) is 25.0. The number of carbonyl (C=O) groups excluding carboxylic acids is 1. The van der Waals surface area contributed by atoms with Gasteiger partial charge in [-0.05, 0) is 36.4 Å². The largest absolute Gasteiger partial charge is 0.416 e. The number of hydrogen-bond donors (Lipinski definition) is 0. The Hall–Kier alpha value is -4.67. The zero-order valence-corrected chi connectivity index (χ0v) is 20.0. The van der Waals surface area contributed by atoms with Crippen LogP contribution in [0.3, 0.4) is 0 Å². The van der Waals surface area contributed by atoms with Crippen LogP contribution in [0.15, 0.2) is 84.9 Å². The molecule has 1 amide bonds. The van der Waals surface area contributed by atoms with Crippen LogP contribution >= 0.6 is 0 Å². The van der Waals surface area contributed by atoms with E-state index in [9.17, 15) is 28.1 Å². The molecule has 1 fully saturated rings. The van der Waals surface area contributed by atoms with E-state index in [1.165, 1.54) is 35.0 Å². The molecule has 1 aliphatic rings. The van der Waals surface area contributed by atoms with E-state index in [1.807, 2.05) is 35.2 Å². The summed E-state index contributed by atoms with van der Waals surface area (Å²) in [6.07, 6.45) is -4.43. The fraction of sp³-hybridized carbons (Fsp3) is 0.185. The zero-order valence-electron chi connectivity index (χ0n) is 20.0. The third-order valence-corrected chi connectivity index (χ3v) is 6.41. The van der Waals surface area contributed by atoms with E-state index in [2.05, 4.69) is 5.10 Å².